The van der Waals surface area contributed by atoms with E-state index in [0.717, 1.165) is 4.57 Å². The second kappa shape index (κ2) is 13.6. The largest absolute Gasteiger partial charge is 0.468 e. The summed E-state index contributed by atoms with van der Waals surface area (Å²) < 4.78 is 58.6. The zero-order valence-corrected chi connectivity index (χ0v) is 25.9. The maximum absolute atomic E-state index is 13.6. The summed E-state index contributed by atoms with van der Waals surface area (Å²) in [4.78, 5) is 39.3. The Kier molecular flexibility index (Phi) is 10.0. The first-order valence-corrected chi connectivity index (χ1v) is 17.0. The number of hydrogen-bond donors (Lipinski definition) is 3. The molecule has 1 aromatic carbocycles. The topological polar surface area (TPSA) is 190 Å². The van der Waals surface area contributed by atoms with Crippen LogP contribution in [0, 0.1) is 0 Å². The fourth-order valence-electron chi connectivity index (χ4n) is 4.47. The van der Waals surface area contributed by atoms with E-state index >= 15 is 0 Å². The summed E-state index contributed by atoms with van der Waals surface area (Å²) in [6, 6.07) is 7.09. The molecular weight excluding hydrogens is 620 g/mol. The van der Waals surface area contributed by atoms with Crippen molar-refractivity contribution in [2.45, 2.75) is 37.8 Å². The highest BCUT2D eigenvalue weighted by atomic mass is 31.2. The minimum Gasteiger partial charge on any atom is -0.468 e. The summed E-state index contributed by atoms with van der Waals surface area (Å²) in [7, 11) is -6.03. The van der Waals surface area contributed by atoms with Crippen molar-refractivity contribution in [3.63, 3.8) is 0 Å². The van der Waals surface area contributed by atoms with Gasteiger partial charge in [0.1, 0.15) is 24.1 Å². The number of nitrogens with one attached hydrogen (secondary N) is 2. The van der Waals surface area contributed by atoms with Gasteiger partial charge in [-0.2, -0.15) is 5.09 Å². The molecule has 4 heterocycles. The Hall–Kier alpha value is -2.91. The predicted molar refractivity (Wildman–Crippen MR) is 157 cm³/mol. The zero-order valence-electron chi connectivity index (χ0n) is 24.1. The van der Waals surface area contributed by atoms with E-state index in [9.17, 15) is 28.6 Å². The number of hydrogen-bond acceptors (Lipinski definition) is 11. The molecule has 0 bridgehead atoms. The highest BCUT2D eigenvalue weighted by Gasteiger charge is 2.49. The van der Waals surface area contributed by atoms with Gasteiger partial charge in [-0.15, -0.1) is 0 Å². The molecule has 44 heavy (non-hydrogen) atoms. The lowest BCUT2D eigenvalue weighted by molar-refractivity contribution is -0.142. The van der Waals surface area contributed by atoms with Crippen LogP contribution in [0.1, 0.15) is 25.1 Å². The zero-order chi connectivity index (χ0) is 31.5. The predicted octanol–water partition coefficient (Wildman–Crippen LogP) is 1.31. The number of nitrogens with zero attached hydrogens (tertiary/aromatic N) is 3. The van der Waals surface area contributed by atoms with Crippen molar-refractivity contribution < 1.29 is 42.1 Å². The molecule has 3 aliphatic heterocycles. The highest BCUT2D eigenvalue weighted by Crippen LogP contribution is 2.60. The first-order chi connectivity index (χ1) is 21.0. The van der Waals surface area contributed by atoms with Crippen molar-refractivity contribution in [3.05, 3.63) is 69.0 Å². The second-order valence-corrected chi connectivity index (χ2v) is 14.4. The lowest BCUT2D eigenvalue weighted by atomic mass is 10.2. The number of rotatable bonds is 15. The van der Waals surface area contributed by atoms with Gasteiger partial charge in [0.05, 0.1) is 32.0 Å². The van der Waals surface area contributed by atoms with Crippen LogP contribution in [0.3, 0.4) is 0 Å². The first-order valence-electron chi connectivity index (χ1n) is 14.0. The second-order valence-electron chi connectivity index (χ2n) is 10.4. The summed E-state index contributed by atoms with van der Waals surface area (Å²) in [5.41, 5.74) is -1.30. The van der Waals surface area contributed by atoms with Gasteiger partial charge in [-0.3, -0.25) is 28.2 Å². The molecule has 3 unspecified atom stereocenters. The first kappa shape index (κ1) is 32.5. The number of ether oxygens (including phenoxy) is 2. The molecule has 3 saturated heterocycles. The third-order valence-corrected chi connectivity index (χ3v) is 11.4. The molecule has 3 fully saturated rings. The molecule has 18 heteroatoms. The fraction of sp³-hybridized carbons (Fsp3) is 0.500. The lowest BCUT2D eigenvalue weighted by Crippen LogP contribution is -2.36. The maximum atomic E-state index is 13.6. The Labute approximate surface area is 252 Å². The van der Waals surface area contributed by atoms with Gasteiger partial charge in [0.25, 0.3) is 5.56 Å². The monoisotopic (exact) mass is 655 g/mol. The number of esters is 1. The van der Waals surface area contributed by atoms with Gasteiger partial charge >= 0.3 is 27.1 Å². The van der Waals surface area contributed by atoms with Crippen LogP contribution in [0.15, 0.2) is 52.2 Å². The molecular formula is C26H35N5O11P2. The van der Waals surface area contributed by atoms with Crippen LogP contribution < -0.4 is 20.9 Å². The Morgan fingerprint density at radius 1 is 1.16 bits per heavy atom. The van der Waals surface area contributed by atoms with E-state index in [1.807, 2.05) is 0 Å². The van der Waals surface area contributed by atoms with Gasteiger partial charge in [-0.1, -0.05) is 24.3 Å². The molecule has 0 spiro atoms. The van der Waals surface area contributed by atoms with E-state index in [4.69, 9.17) is 18.3 Å². The Balaban J connectivity index is 1.24. The van der Waals surface area contributed by atoms with E-state index in [-0.39, 0.29) is 24.3 Å². The summed E-state index contributed by atoms with van der Waals surface area (Å²) in [6.45, 7) is 3.82. The summed E-state index contributed by atoms with van der Waals surface area (Å²) in [5, 5.41) is 13.2. The highest BCUT2D eigenvalue weighted by molar-refractivity contribution is 7.54. The molecule has 2 aromatic rings. The number of carbonyl (C=O) groups excluding carboxylic acids is 1. The molecule has 240 valence electrons. The number of aromatic amines is 1. The normalized spacial score (nSPS) is 24.2. The summed E-state index contributed by atoms with van der Waals surface area (Å²) in [6.07, 6.45) is 1.05. The van der Waals surface area contributed by atoms with Gasteiger partial charge in [0.2, 0.25) is 0 Å². The van der Waals surface area contributed by atoms with Gasteiger partial charge < -0.3 is 23.6 Å². The Morgan fingerprint density at radius 2 is 1.84 bits per heavy atom. The summed E-state index contributed by atoms with van der Waals surface area (Å²) in [5.74, 6) is -0.498. The molecule has 5 atom stereocenters. The van der Waals surface area contributed by atoms with Gasteiger partial charge in [0.15, 0.2) is 0 Å². The van der Waals surface area contributed by atoms with Gasteiger partial charge in [-0.25, -0.2) is 18.7 Å². The molecule has 1 aromatic heterocycles. The van der Waals surface area contributed by atoms with Crippen LogP contribution in [-0.4, -0.2) is 94.7 Å². The molecule has 3 aliphatic rings. The molecule has 3 N–H and O–H groups in total. The minimum atomic E-state index is -4.20. The van der Waals surface area contributed by atoms with Gasteiger partial charge in [0, 0.05) is 38.8 Å². The Morgan fingerprint density at radius 3 is 2.48 bits per heavy atom. The van der Waals surface area contributed by atoms with Crippen molar-refractivity contribution in [3.8, 4) is 5.75 Å². The smallest absolute Gasteiger partial charge is 0.459 e. The van der Waals surface area contributed by atoms with E-state index < -0.39 is 63.7 Å². The van der Waals surface area contributed by atoms with Gasteiger partial charge in [-0.05, 0) is 25.1 Å². The number of H-pyrrole nitrogens is 1. The van der Waals surface area contributed by atoms with E-state index in [2.05, 4.69) is 14.8 Å². The molecule has 0 saturated carbocycles. The van der Waals surface area contributed by atoms with Crippen molar-refractivity contribution >= 4 is 27.5 Å². The van der Waals surface area contributed by atoms with Crippen LogP contribution in [0.2, 0.25) is 0 Å². The number of para-hydroxylation sites is 1. The summed E-state index contributed by atoms with van der Waals surface area (Å²) >= 11 is 0. The van der Waals surface area contributed by atoms with Crippen LogP contribution in [0.4, 0.5) is 0 Å². The van der Waals surface area contributed by atoms with Crippen molar-refractivity contribution in [1.29, 1.82) is 0 Å². The molecule has 5 rings (SSSR count). The lowest BCUT2D eigenvalue weighted by Gasteiger charge is -2.24. The van der Waals surface area contributed by atoms with Crippen LogP contribution in [0.25, 0.3) is 6.08 Å². The average molecular weight is 656 g/mol. The average Bonchev–Trinajstić information content (AvgIpc) is 3.92. The van der Waals surface area contributed by atoms with Crippen molar-refractivity contribution in [1.82, 2.24) is 24.0 Å². The fourth-order valence-corrected chi connectivity index (χ4v) is 8.13. The molecule has 0 aliphatic carbocycles. The number of aliphatic hydroxyl groups excluding tert-OH is 1. The van der Waals surface area contributed by atoms with Crippen molar-refractivity contribution in [2.24, 2.45) is 0 Å². The van der Waals surface area contributed by atoms with E-state index in [0.29, 0.717) is 26.2 Å². The third kappa shape index (κ3) is 7.83. The number of carbonyl (C=O) groups is 1. The number of aromatic nitrogens is 2. The van der Waals surface area contributed by atoms with E-state index in [1.165, 1.54) is 32.4 Å². The number of aliphatic hydroxyl groups is 1. The standard InChI is InChI=1S/C26H35N5O11P2/c1-18(25(34)38-2)28-43(36,42-20-8-4-3-5-9-20)40-17-22-21(32)15-23(41-22)31-16-19(24(33)27-26(31)35)7-6-14-39-44(37,29-10-11-29)30-12-13-30/h3-9,16,18,21-23,32H,10-15,17H2,1-2H3,(H,28,36)(H,27,33,35)/t18-,21-,22?,23?,43?/m0/s1. The quantitative estimate of drug-likeness (QED) is 0.141. The minimum absolute atomic E-state index is 0.00532. The third-order valence-electron chi connectivity index (χ3n) is 6.99. The molecule has 0 radical (unpaired) electrons. The number of benzene rings is 1. The SMILES string of the molecule is COC(=O)[C@H](C)NP(=O)(OCC1OC(n2cc(C=CCOP(=O)(N3CC3)N3CC3)c(=O)[nH]c2=O)C[C@@H]1O)Oc1ccccc1. The molecule has 16 nitrogen and oxygen atoms in total. The Bertz CT molecular complexity index is 1560. The number of methoxy groups -OCH3 is 1. The maximum Gasteiger partial charge on any atom is 0.459 e. The van der Waals surface area contributed by atoms with Crippen LogP contribution in [-0.2, 0) is 32.4 Å². The van der Waals surface area contributed by atoms with Crippen LogP contribution in [0.5, 0.6) is 5.75 Å². The van der Waals surface area contributed by atoms with Crippen LogP contribution >= 0.6 is 15.4 Å². The van der Waals surface area contributed by atoms with Crippen molar-refractivity contribution in [2.75, 3.05) is 46.5 Å². The molecule has 0 amide bonds. The van der Waals surface area contributed by atoms with E-state index in [1.54, 1.807) is 39.7 Å².